The number of hydrogen-bond acceptors (Lipinski definition) is 4. The van der Waals surface area contributed by atoms with E-state index in [2.05, 4.69) is 10.3 Å². The molecule has 3 aromatic rings. The van der Waals surface area contributed by atoms with Gasteiger partial charge in [-0.15, -0.1) is 11.6 Å². The van der Waals surface area contributed by atoms with Gasteiger partial charge in [-0.2, -0.15) is 13.2 Å². The van der Waals surface area contributed by atoms with Gasteiger partial charge in [0, 0.05) is 17.1 Å². The molecule has 0 radical (unpaired) electrons. The number of pyridine rings is 1. The van der Waals surface area contributed by atoms with Crippen LogP contribution in [0, 0.1) is 11.6 Å². The predicted octanol–water partition coefficient (Wildman–Crippen LogP) is 5.15. The van der Waals surface area contributed by atoms with Crippen molar-refractivity contribution in [3.05, 3.63) is 69.0 Å². The van der Waals surface area contributed by atoms with E-state index in [9.17, 15) is 31.9 Å². The SMILES string of the molecule is COc1c(F)cc(C(Nc2cc(F)cc3[nH]c(=O)ccc23)C(O)(CCl)C(F)(F)F)cc1Cl. The minimum atomic E-state index is -5.28. The van der Waals surface area contributed by atoms with Gasteiger partial charge >= 0.3 is 6.18 Å². The molecule has 0 saturated heterocycles. The van der Waals surface area contributed by atoms with Gasteiger partial charge in [0.1, 0.15) is 5.82 Å². The van der Waals surface area contributed by atoms with Crippen molar-refractivity contribution in [1.82, 2.24) is 4.98 Å². The zero-order valence-electron chi connectivity index (χ0n) is 16.2. The van der Waals surface area contributed by atoms with Gasteiger partial charge in [0.2, 0.25) is 5.56 Å². The average Bonchev–Trinajstić information content (AvgIpc) is 2.69. The molecule has 0 aliphatic heterocycles. The third-order valence-electron chi connectivity index (χ3n) is 4.83. The van der Waals surface area contributed by atoms with Crippen LogP contribution in [0.3, 0.4) is 0 Å². The lowest BCUT2D eigenvalue weighted by Gasteiger charge is -2.37. The summed E-state index contributed by atoms with van der Waals surface area (Å²) in [5, 5.41) is 12.7. The molecule has 2 unspecified atom stereocenters. The summed E-state index contributed by atoms with van der Waals surface area (Å²) in [6, 6.07) is 3.69. The largest absolute Gasteiger partial charge is 0.492 e. The summed E-state index contributed by atoms with van der Waals surface area (Å²) in [5.74, 6) is -3.73. The summed E-state index contributed by atoms with van der Waals surface area (Å²) in [5.41, 5.74) is -4.86. The highest BCUT2D eigenvalue weighted by Crippen LogP contribution is 2.45. The number of nitrogens with one attached hydrogen (secondary N) is 2. The molecule has 1 heterocycles. The Balaban J connectivity index is 2.26. The minimum Gasteiger partial charge on any atom is -0.492 e. The Hall–Kier alpha value is -2.56. The molecule has 0 fully saturated rings. The van der Waals surface area contributed by atoms with Gasteiger partial charge < -0.3 is 20.1 Å². The van der Waals surface area contributed by atoms with Crippen LogP contribution in [0.15, 0.2) is 41.2 Å². The Labute approximate surface area is 187 Å². The summed E-state index contributed by atoms with van der Waals surface area (Å²) < 4.78 is 75.0. The number of aromatic nitrogens is 1. The number of rotatable bonds is 6. The van der Waals surface area contributed by atoms with E-state index in [4.69, 9.17) is 27.9 Å². The minimum absolute atomic E-state index is 0.0147. The van der Waals surface area contributed by atoms with Gasteiger partial charge in [0.25, 0.3) is 0 Å². The van der Waals surface area contributed by atoms with Gasteiger partial charge in [0.05, 0.1) is 29.6 Å². The zero-order valence-corrected chi connectivity index (χ0v) is 17.7. The zero-order chi connectivity index (χ0) is 23.8. The molecule has 12 heteroatoms. The van der Waals surface area contributed by atoms with Crippen LogP contribution in [0.1, 0.15) is 11.6 Å². The standard InChI is InChI=1S/C20H15Cl2F5N2O3/c1-32-17-12(22)4-9(5-13(17)24)18(19(31,8-21)20(25,26)27)29-15-7-10(23)6-14-11(15)2-3-16(30)28-14/h2-7,18,29,31H,8H2,1H3,(H,28,30). The molecule has 1 aromatic heterocycles. The number of aliphatic hydroxyl groups is 1. The van der Waals surface area contributed by atoms with E-state index in [0.29, 0.717) is 6.07 Å². The Morgan fingerprint density at radius 3 is 2.44 bits per heavy atom. The second-order valence-electron chi connectivity index (χ2n) is 6.89. The number of anilines is 1. The van der Waals surface area contributed by atoms with Gasteiger partial charge in [-0.05, 0) is 35.9 Å². The highest BCUT2D eigenvalue weighted by atomic mass is 35.5. The molecule has 2 atom stereocenters. The van der Waals surface area contributed by atoms with Crippen molar-refractivity contribution in [2.75, 3.05) is 18.3 Å². The highest BCUT2D eigenvalue weighted by molar-refractivity contribution is 6.32. The molecule has 172 valence electrons. The average molecular weight is 497 g/mol. The van der Waals surface area contributed by atoms with Crippen molar-refractivity contribution >= 4 is 39.8 Å². The van der Waals surface area contributed by atoms with Crippen LogP contribution in [0.5, 0.6) is 5.75 Å². The van der Waals surface area contributed by atoms with E-state index < -0.39 is 52.2 Å². The summed E-state index contributed by atoms with van der Waals surface area (Å²) in [4.78, 5) is 13.9. The molecule has 0 aliphatic carbocycles. The fourth-order valence-electron chi connectivity index (χ4n) is 3.25. The third kappa shape index (κ3) is 4.35. The molecule has 2 aromatic carbocycles. The summed E-state index contributed by atoms with van der Waals surface area (Å²) >= 11 is 11.5. The van der Waals surface area contributed by atoms with E-state index >= 15 is 0 Å². The normalized spacial score (nSPS) is 14.8. The van der Waals surface area contributed by atoms with Crippen molar-refractivity contribution < 1.29 is 31.8 Å². The van der Waals surface area contributed by atoms with Crippen molar-refractivity contribution in [3.8, 4) is 5.75 Å². The third-order valence-corrected chi connectivity index (χ3v) is 5.52. The molecule has 32 heavy (non-hydrogen) atoms. The molecule has 0 aliphatic rings. The van der Waals surface area contributed by atoms with Crippen LogP contribution in [-0.4, -0.2) is 34.9 Å². The molecule has 0 amide bonds. The quantitative estimate of drug-likeness (QED) is 0.325. The first-order valence-electron chi connectivity index (χ1n) is 8.88. The number of hydrogen-bond donors (Lipinski definition) is 3. The Morgan fingerprint density at radius 2 is 1.88 bits per heavy atom. The maximum absolute atomic E-state index is 14.4. The van der Waals surface area contributed by atoms with E-state index in [1.54, 1.807) is 0 Å². The van der Waals surface area contributed by atoms with Gasteiger partial charge in [-0.1, -0.05) is 11.6 Å². The number of H-pyrrole nitrogens is 1. The highest BCUT2D eigenvalue weighted by Gasteiger charge is 2.59. The van der Waals surface area contributed by atoms with Gasteiger partial charge in [0.15, 0.2) is 17.2 Å². The summed E-state index contributed by atoms with van der Waals surface area (Å²) in [7, 11) is 1.12. The lowest BCUT2D eigenvalue weighted by atomic mass is 9.88. The van der Waals surface area contributed by atoms with Crippen molar-refractivity contribution in [1.29, 1.82) is 0 Å². The maximum Gasteiger partial charge on any atom is 0.420 e. The number of fused-ring (bicyclic) bond motifs is 1. The van der Waals surface area contributed by atoms with Crippen LogP contribution < -0.4 is 15.6 Å². The predicted molar refractivity (Wildman–Crippen MR) is 111 cm³/mol. The number of methoxy groups -OCH3 is 1. The second-order valence-corrected chi connectivity index (χ2v) is 7.56. The van der Waals surface area contributed by atoms with Gasteiger partial charge in [-0.25, -0.2) is 8.78 Å². The molecule has 3 rings (SSSR count). The van der Waals surface area contributed by atoms with Crippen molar-refractivity contribution in [3.63, 3.8) is 0 Å². The van der Waals surface area contributed by atoms with Crippen LogP contribution in [0.25, 0.3) is 10.9 Å². The molecule has 3 N–H and O–H groups in total. The van der Waals surface area contributed by atoms with Crippen molar-refractivity contribution in [2.45, 2.75) is 17.8 Å². The maximum atomic E-state index is 14.4. The number of alkyl halides is 4. The lowest BCUT2D eigenvalue weighted by Crippen LogP contribution is -2.54. The van der Waals surface area contributed by atoms with E-state index in [0.717, 1.165) is 31.4 Å². The number of ether oxygens (including phenoxy) is 1. The van der Waals surface area contributed by atoms with E-state index in [1.165, 1.54) is 6.07 Å². The summed E-state index contributed by atoms with van der Waals surface area (Å²) in [6.07, 6.45) is -5.28. The van der Waals surface area contributed by atoms with E-state index in [-0.39, 0.29) is 21.6 Å². The Kier molecular flexibility index (Phi) is 6.60. The number of halogens is 7. The fraction of sp³-hybridized carbons (Fsp3) is 0.250. The summed E-state index contributed by atoms with van der Waals surface area (Å²) in [6.45, 7) is 0. The Bertz CT molecular complexity index is 1200. The number of aromatic amines is 1. The molecular formula is C20H15Cl2F5N2O3. The molecule has 0 bridgehead atoms. The van der Waals surface area contributed by atoms with Crippen molar-refractivity contribution in [2.24, 2.45) is 0 Å². The molecule has 0 spiro atoms. The molecular weight excluding hydrogens is 482 g/mol. The van der Waals surface area contributed by atoms with Gasteiger partial charge in [-0.3, -0.25) is 4.79 Å². The second kappa shape index (κ2) is 8.76. The monoisotopic (exact) mass is 496 g/mol. The van der Waals surface area contributed by atoms with Crippen LogP contribution in [0.2, 0.25) is 5.02 Å². The first-order valence-corrected chi connectivity index (χ1v) is 9.79. The lowest BCUT2D eigenvalue weighted by molar-refractivity contribution is -0.257. The fourth-order valence-corrected chi connectivity index (χ4v) is 3.84. The van der Waals surface area contributed by atoms with Crippen LogP contribution in [-0.2, 0) is 0 Å². The van der Waals surface area contributed by atoms with E-state index in [1.807, 2.05) is 0 Å². The smallest absolute Gasteiger partial charge is 0.420 e. The first kappa shape index (κ1) is 24.1. The number of benzene rings is 2. The topological polar surface area (TPSA) is 74.3 Å². The molecule has 0 saturated carbocycles. The van der Waals surface area contributed by atoms with Crippen LogP contribution in [0.4, 0.5) is 27.6 Å². The molecule has 5 nitrogen and oxygen atoms in total. The Morgan fingerprint density at radius 1 is 1.19 bits per heavy atom. The van der Waals surface area contributed by atoms with Crippen LogP contribution >= 0.6 is 23.2 Å². The first-order chi connectivity index (χ1) is 14.9.